The van der Waals surface area contributed by atoms with E-state index in [9.17, 15) is 4.79 Å². The largest absolute Gasteiger partial charge is 0.329 e. The van der Waals surface area contributed by atoms with Crippen molar-refractivity contribution >= 4 is 0 Å². The maximum absolute atomic E-state index is 11.1. The minimum Gasteiger partial charge on any atom is -0.329 e. The molecule has 0 fully saturated rings. The molecule has 1 aliphatic heterocycles. The molecule has 2 rings (SSSR count). The quantitative estimate of drug-likeness (QED) is 0.714. The second-order valence-electron chi connectivity index (χ2n) is 3.78. The zero-order chi connectivity index (χ0) is 9.97. The van der Waals surface area contributed by atoms with Crippen molar-refractivity contribution in [1.29, 1.82) is 0 Å². The lowest BCUT2D eigenvalue weighted by Gasteiger charge is -2.16. The summed E-state index contributed by atoms with van der Waals surface area (Å²) >= 11 is 0. The number of nitrogens with one attached hydrogen (secondary N) is 1. The lowest BCUT2D eigenvalue weighted by Crippen LogP contribution is -2.25. The second-order valence-corrected chi connectivity index (χ2v) is 3.78. The van der Waals surface area contributed by atoms with Crippen LogP contribution in [-0.4, -0.2) is 29.5 Å². The van der Waals surface area contributed by atoms with Crippen LogP contribution in [-0.2, 0) is 12.8 Å². The number of fused-ring (bicyclic) bond motifs is 1. The van der Waals surface area contributed by atoms with Gasteiger partial charge in [-0.15, -0.1) is 0 Å². The van der Waals surface area contributed by atoms with E-state index in [0.29, 0.717) is 0 Å². The normalized spacial score (nSPS) is 17.5. The van der Waals surface area contributed by atoms with Crippen LogP contribution in [0.2, 0.25) is 0 Å². The summed E-state index contributed by atoms with van der Waals surface area (Å²) in [4.78, 5) is 16.3. The van der Waals surface area contributed by atoms with E-state index in [2.05, 4.69) is 16.8 Å². The molecule has 1 aromatic rings. The van der Waals surface area contributed by atoms with E-state index >= 15 is 0 Å². The minimum atomic E-state index is 0.0219. The second kappa shape index (κ2) is 3.96. The van der Waals surface area contributed by atoms with Gasteiger partial charge < -0.3 is 9.88 Å². The number of aromatic nitrogens is 1. The Morgan fingerprint density at radius 2 is 2.07 bits per heavy atom. The molecule has 0 spiro atoms. The average molecular weight is 192 g/mol. The van der Waals surface area contributed by atoms with Crippen LogP contribution in [0.25, 0.3) is 0 Å². The van der Waals surface area contributed by atoms with Crippen LogP contribution >= 0.6 is 0 Å². The summed E-state index contributed by atoms with van der Waals surface area (Å²) in [5.74, 6) is 0. The lowest BCUT2D eigenvalue weighted by atomic mass is 10.1. The van der Waals surface area contributed by atoms with Gasteiger partial charge in [-0.05, 0) is 30.5 Å². The molecule has 0 saturated carbocycles. The molecular weight excluding hydrogens is 176 g/mol. The molecule has 0 unspecified atom stereocenters. The Bertz CT molecular complexity index is 370. The molecule has 2 heterocycles. The topological polar surface area (TPSA) is 36.1 Å². The van der Waals surface area contributed by atoms with Gasteiger partial charge in [0.05, 0.1) is 0 Å². The molecule has 1 aromatic heterocycles. The number of rotatable bonds is 1. The molecule has 3 nitrogen and oxygen atoms in total. The zero-order valence-electron chi connectivity index (χ0n) is 8.55. The highest BCUT2D eigenvalue weighted by Crippen LogP contribution is 2.12. The van der Waals surface area contributed by atoms with E-state index < -0.39 is 0 Å². The van der Waals surface area contributed by atoms with Gasteiger partial charge in [-0.2, -0.15) is 0 Å². The van der Waals surface area contributed by atoms with Crippen LogP contribution in [0.4, 0.5) is 0 Å². The zero-order valence-corrected chi connectivity index (χ0v) is 8.55. The lowest BCUT2D eigenvalue weighted by molar-refractivity contribution is 0.303. The van der Waals surface area contributed by atoms with Gasteiger partial charge >= 0.3 is 0 Å². The number of hydrogen-bond donors (Lipinski definition) is 1. The van der Waals surface area contributed by atoms with Crippen molar-refractivity contribution in [3.8, 4) is 0 Å². The first kappa shape index (κ1) is 9.46. The van der Waals surface area contributed by atoms with Crippen molar-refractivity contribution in [2.45, 2.75) is 19.8 Å². The Hall–Kier alpha value is -1.09. The Kier molecular flexibility index (Phi) is 2.68. The van der Waals surface area contributed by atoms with Crippen molar-refractivity contribution in [3.05, 3.63) is 33.7 Å². The van der Waals surface area contributed by atoms with Gasteiger partial charge in [-0.1, -0.05) is 6.92 Å². The number of aromatic amines is 1. The van der Waals surface area contributed by atoms with Crippen LogP contribution in [0.3, 0.4) is 0 Å². The molecule has 14 heavy (non-hydrogen) atoms. The van der Waals surface area contributed by atoms with E-state index in [4.69, 9.17) is 0 Å². The third kappa shape index (κ3) is 1.87. The van der Waals surface area contributed by atoms with E-state index in [1.54, 1.807) is 6.07 Å². The highest BCUT2D eigenvalue weighted by atomic mass is 16.1. The highest BCUT2D eigenvalue weighted by molar-refractivity contribution is 5.25. The summed E-state index contributed by atoms with van der Waals surface area (Å²) in [6, 6.07) is 1.74. The van der Waals surface area contributed by atoms with Crippen LogP contribution in [0.5, 0.6) is 0 Å². The van der Waals surface area contributed by atoms with Gasteiger partial charge in [-0.25, -0.2) is 0 Å². The number of nitrogens with zero attached hydrogens (tertiary/aromatic N) is 1. The fourth-order valence-corrected chi connectivity index (χ4v) is 1.99. The molecule has 1 N–H and O–H groups in total. The van der Waals surface area contributed by atoms with E-state index in [1.165, 1.54) is 11.1 Å². The Labute approximate surface area is 83.8 Å². The number of pyridine rings is 1. The third-order valence-electron chi connectivity index (χ3n) is 2.95. The first-order chi connectivity index (χ1) is 6.79. The molecular formula is C11H16N2O. The van der Waals surface area contributed by atoms with Crippen LogP contribution in [0, 0.1) is 0 Å². The SMILES string of the molecule is CCN1CCc2c[nH]c(=O)cc2CC1. The molecule has 0 bridgehead atoms. The Morgan fingerprint density at radius 3 is 2.79 bits per heavy atom. The third-order valence-corrected chi connectivity index (χ3v) is 2.95. The maximum atomic E-state index is 11.1. The monoisotopic (exact) mass is 192 g/mol. The smallest absolute Gasteiger partial charge is 0.248 e. The molecule has 0 saturated heterocycles. The molecule has 0 atom stereocenters. The summed E-state index contributed by atoms with van der Waals surface area (Å²) in [6.45, 7) is 5.46. The van der Waals surface area contributed by atoms with Gasteiger partial charge in [-0.3, -0.25) is 4.79 Å². The van der Waals surface area contributed by atoms with Crippen molar-refractivity contribution in [2.75, 3.05) is 19.6 Å². The Balaban J connectivity index is 2.25. The summed E-state index contributed by atoms with van der Waals surface area (Å²) in [5, 5.41) is 0. The number of hydrogen-bond acceptors (Lipinski definition) is 2. The molecule has 0 aromatic carbocycles. The van der Waals surface area contributed by atoms with Gasteiger partial charge in [0.1, 0.15) is 0 Å². The minimum absolute atomic E-state index is 0.0219. The Morgan fingerprint density at radius 1 is 1.36 bits per heavy atom. The highest BCUT2D eigenvalue weighted by Gasteiger charge is 2.12. The fraction of sp³-hybridized carbons (Fsp3) is 0.545. The standard InChI is InChI=1S/C11H16N2O/c1-2-13-5-3-9-7-11(14)12-8-10(9)4-6-13/h7-8H,2-6H2,1H3,(H,12,14). The van der Waals surface area contributed by atoms with Gasteiger partial charge in [0.15, 0.2) is 0 Å². The number of H-pyrrole nitrogens is 1. The van der Waals surface area contributed by atoms with Crippen LogP contribution < -0.4 is 5.56 Å². The summed E-state index contributed by atoms with van der Waals surface area (Å²) in [5.41, 5.74) is 2.55. The fourth-order valence-electron chi connectivity index (χ4n) is 1.99. The molecule has 3 heteroatoms. The van der Waals surface area contributed by atoms with Crippen LogP contribution in [0.1, 0.15) is 18.1 Å². The van der Waals surface area contributed by atoms with Crippen molar-refractivity contribution in [2.24, 2.45) is 0 Å². The van der Waals surface area contributed by atoms with Crippen molar-refractivity contribution in [1.82, 2.24) is 9.88 Å². The van der Waals surface area contributed by atoms with E-state index in [-0.39, 0.29) is 5.56 Å². The van der Waals surface area contributed by atoms with Gasteiger partial charge in [0.2, 0.25) is 5.56 Å². The summed E-state index contributed by atoms with van der Waals surface area (Å²) in [6.07, 6.45) is 3.93. The van der Waals surface area contributed by atoms with Gasteiger partial charge in [0.25, 0.3) is 0 Å². The van der Waals surface area contributed by atoms with Crippen molar-refractivity contribution in [3.63, 3.8) is 0 Å². The predicted molar refractivity (Wildman–Crippen MR) is 56.6 cm³/mol. The first-order valence-corrected chi connectivity index (χ1v) is 5.22. The van der Waals surface area contributed by atoms with E-state index in [1.807, 2.05) is 6.20 Å². The number of likely N-dealkylation sites (N-methyl/N-ethyl adjacent to an activating group) is 1. The summed E-state index contributed by atoms with van der Waals surface area (Å²) < 4.78 is 0. The first-order valence-electron chi connectivity index (χ1n) is 5.22. The van der Waals surface area contributed by atoms with E-state index in [0.717, 1.165) is 32.5 Å². The van der Waals surface area contributed by atoms with Gasteiger partial charge in [0, 0.05) is 25.4 Å². The molecule has 76 valence electrons. The maximum Gasteiger partial charge on any atom is 0.248 e. The predicted octanol–water partition coefficient (Wildman–Crippen LogP) is 0.795. The molecule has 0 aliphatic carbocycles. The van der Waals surface area contributed by atoms with Crippen LogP contribution in [0.15, 0.2) is 17.1 Å². The molecule has 0 amide bonds. The van der Waals surface area contributed by atoms with Crippen molar-refractivity contribution < 1.29 is 0 Å². The average Bonchev–Trinajstić information content (AvgIpc) is 2.39. The molecule has 1 aliphatic rings. The summed E-state index contributed by atoms with van der Waals surface area (Å²) in [7, 11) is 0. The molecule has 0 radical (unpaired) electrons.